The van der Waals surface area contributed by atoms with Crippen molar-refractivity contribution >= 4 is 0 Å². The Labute approximate surface area is 126 Å². The minimum Gasteiger partial charge on any atom is -0.397 e. The summed E-state index contributed by atoms with van der Waals surface area (Å²) in [7, 11) is 0. The summed E-state index contributed by atoms with van der Waals surface area (Å²) in [5.74, 6) is -5.90. The predicted molar refractivity (Wildman–Crippen MR) is 62.4 cm³/mol. The van der Waals surface area contributed by atoms with E-state index in [2.05, 4.69) is 13.8 Å². The molecule has 0 atom stereocenters. The number of hydrogen-bond donors (Lipinski definition) is 1. The molecule has 0 radical (unpaired) electrons. The van der Waals surface area contributed by atoms with Gasteiger partial charge in [-0.25, -0.2) is 13.2 Å². The maximum atomic E-state index is 11.2. The Bertz CT molecular complexity index is 233. The predicted octanol–water partition coefficient (Wildman–Crippen LogP) is 5.77. The summed E-state index contributed by atoms with van der Waals surface area (Å²) in [5, 5.41) is 7.57. The first-order chi connectivity index (χ1) is 10.1. The molecule has 0 aliphatic rings. The molecule has 0 saturated heterocycles. The normalized spacial score (nSPS) is 11.5. The molecule has 0 heterocycles. The molecule has 0 unspecified atom stereocenters. The van der Waals surface area contributed by atoms with Gasteiger partial charge < -0.3 is 5.11 Å². The van der Waals surface area contributed by atoms with Gasteiger partial charge in [0.15, 0.2) is 6.67 Å². The van der Waals surface area contributed by atoms with Crippen LogP contribution in [0.2, 0.25) is 0 Å². The highest BCUT2D eigenvalue weighted by Crippen LogP contribution is 2.39. The van der Waals surface area contributed by atoms with Crippen LogP contribution >= 0.6 is 0 Å². The highest BCUT2D eigenvalue weighted by Gasteiger charge is 2.64. The number of aliphatic hydroxyl groups excluding tert-OH is 1. The van der Waals surface area contributed by atoms with Gasteiger partial charge in [0.2, 0.25) is 0 Å². The van der Waals surface area contributed by atoms with Gasteiger partial charge in [0.25, 0.3) is 0 Å². The van der Waals surface area contributed by atoms with Crippen LogP contribution in [-0.2, 0) is 0 Å². The third-order valence-electron chi connectivity index (χ3n) is 1.30. The molecular weight excluding hydrogens is 357 g/mol. The highest BCUT2D eigenvalue weighted by molar-refractivity contribution is 4.77. The molecule has 12 heteroatoms. The van der Waals surface area contributed by atoms with Crippen molar-refractivity contribution in [2.75, 3.05) is 13.3 Å². The Balaban J connectivity index is -0.000000118. The van der Waals surface area contributed by atoms with Gasteiger partial charge in [-0.1, -0.05) is 26.7 Å². The molecule has 0 aromatic heterocycles. The Morgan fingerprint density at radius 1 is 0.783 bits per heavy atom. The molecule has 0 aromatic carbocycles. The maximum absolute atomic E-state index is 11.2. The quantitative estimate of drug-likeness (QED) is 0.607. The number of aliphatic hydroxyl groups is 1. The standard InChI is InChI=1S/C4H10.C3HF7.C2H2F4.C2H6O/c1-3-4-2;4-1(5)2(6,7)3(8,9)10;3-1-2(4,5)6;1-2-3/h3-4H2,1-2H3;1H;1H2;3H,2H2,1H3. The fourth-order valence-corrected chi connectivity index (χ4v) is 0.124. The van der Waals surface area contributed by atoms with Crippen molar-refractivity contribution in [3.8, 4) is 0 Å². The molecule has 0 aliphatic carbocycles. The lowest BCUT2D eigenvalue weighted by atomic mass is 10.3. The van der Waals surface area contributed by atoms with Crippen molar-refractivity contribution in [1.29, 1.82) is 0 Å². The zero-order valence-electron chi connectivity index (χ0n) is 12.5. The average molecular weight is 376 g/mol. The van der Waals surface area contributed by atoms with Crippen LogP contribution in [0, 0.1) is 0 Å². The average Bonchev–Trinajstić information content (AvgIpc) is 2.38. The molecule has 0 aliphatic heterocycles. The van der Waals surface area contributed by atoms with Crippen LogP contribution in [0.25, 0.3) is 0 Å². The van der Waals surface area contributed by atoms with E-state index in [0.29, 0.717) is 0 Å². The monoisotopic (exact) mass is 376 g/mol. The molecule has 0 spiro atoms. The van der Waals surface area contributed by atoms with Gasteiger partial charge in [0.05, 0.1) is 0 Å². The smallest absolute Gasteiger partial charge is 0.397 e. The largest absolute Gasteiger partial charge is 0.459 e. The van der Waals surface area contributed by atoms with Crippen molar-refractivity contribution in [2.45, 2.75) is 58.3 Å². The number of alkyl halides is 11. The Hall–Kier alpha value is -0.810. The summed E-state index contributed by atoms with van der Waals surface area (Å²) >= 11 is 0. The van der Waals surface area contributed by atoms with E-state index in [9.17, 15) is 48.3 Å². The number of unbranched alkanes of at least 4 members (excludes halogenated alkanes) is 1. The van der Waals surface area contributed by atoms with Crippen molar-refractivity contribution in [2.24, 2.45) is 0 Å². The lowest BCUT2D eigenvalue weighted by Gasteiger charge is -2.17. The zero-order chi connectivity index (χ0) is 19.9. The molecule has 1 nitrogen and oxygen atoms in total. The second-order valence-electron chi connectivity index (χ2n) is 3.49. The second kappa shape index (κ2) is 14.8. The molecule has 0 amide bonds. The van der Waals surface area contributed by atoms with Gasteiger partial charge in [-0.2, -0.15) is 35.1 Å². The topological polar surface area (TPSA) is 20.2 Å². The Kier molecular flexibility index (Phi) is 19.3. The first-order valence-electron chi connectivity index (χ1n) is 6.05. The first kappa shape index (κ1) is 30.1. The number of rotatable bonds is 2. The van der Waals surface area contributed by atoms with E-state index in [1.807, 2.05) is 0 Å². The fraction of sp³-hybridized carbons (Fsp3) is 1.00. The third kappa shape index (κ3) is 23.6. The van der Waals surface area contributed by atoms with Crippen LogP contribution in [-0.4, -0.2) is 43.1 Å². The molecule has 0 bridgehead atoms. The third-order valence-corrected chi connectivity index (χ3v) is 1.30. The van der Waals surface area contributed by atoms with Crippen LogP contribution in [0.3, 0.4) is 0 Å². The van der Waals surface area contributed by atoms with Gasteiger partial charge in [-0.15, -0.1) is 0 Å². The molecule has 0 saturated carbocycles. The summed E-state index contributed by atoms with van der Waals surface area (Å²) in [5.41, 5.74) is 0. The summed E-state index contributed by atoms with van der Waals surface area (Å²) in [6.07, 6.45) is -12.9. The first-order valence-corrected chi connectivity index (χ1v) is 6.05. The number of halogens is 11. The van der Waals surface area contributed by atoms with Gasteiger partial charge >= 0.3 is 24.7 Å². The van der Waals surface area contributed by atoms with Crippen molar-refractivity contribution in [3.63, 3.8) is 0 Å². The van der Waals surface area contributed by atoms with Crippen LogP contribution in [0.5, 0.6) is 0 Å². The summed E-state index contributed by atoms with van der Waals surface area (Å²) in [6, 6.07) is 0. The van der Waals surface area contributed by atoms with E-state index >= 15 is 0 Å². The molecule has 0 rings (SSSR count). The van der Waals surface area contributed by atoms with Gasteiger partial charge in [0, 0.05) is 6.61 Å². The Morgan fingerprint density at radius 3 is 1.00 bits per heavy atom. The van der Waals surface area contributed by atoms with Crippen LogP contribution in [0.1, 0.15) is 33.6 Å². The fourth-order valence-electron chi connectivity index (χ4n) is 0.124. The lowest BCUT2D eigenvalue weighted by Crippen LogP contribution is -2.42. The van der Waals surface area contributed by atoms with E-state index in [1.165, 1.54) is 12.8 Å². The summed E-state index contributed by atoms with van der Waals surface area (Å²) in [4.78, 5) is 0. The van der Waals surface area contributed by atoms with E-state index in [-0.39, 0.29) is 6.61 Å². The van der Waals surface area contributed by atoms with E-state index in [4.69, 9.17) is 5.11 Å². The summed E-state index contributed by atoms with van der Waals surface area (Å²) < 4.78 is 118. The molecule has 1 N–H and O–H groups in total. The zero-order valence-corrected chi connectivity index (χ0v) is 12.5. The van der Waals surface area contributed by atoms with Gasteiger partial charge in [0.1, 0.15) is 0 Å². The van der Waals surface area contributed by atoms with E-state index in [0.717, 1.165) is 0 Å². The van der Waals surface area contributed by atoms with Crippen molar-refractivity contribution in [1.82, 2.24) is 0 Å². The van der Waals surface area contributed by atoms with Crippen molar-refractivity contribution < 1.29 is 53.4 Å². The molecule has 0 fully saturated rings. The Morgan fingerprint density at radius 2 is 1.00 bits per heavy atom. The molecule has 23 heavy (non-hydrogen) atoms. The number of hydrogen-bond acceptors (Lipinski definition) is 1. The highest BCUT2D eigenvalue weighted by atomic mass is 19.4. The van der Waals surface area contributed by atoms with Gasteiger partial charge in [-0.05, 0) is 6.92 Å². The summed E-state index contributed by atoms with van der Waals surface area (Å²) in [6.45, 7) is 4.06. The van der Waals surface area contributed by atoms with E-state index < -0.39 is 31.4 Å². The van der Waals surface area contributed by atoms with Crippen LogP contribution in [0.15, 0.2) is 0 Å². The van der Waals surface area contributed by atoms with E-state index in [1.54, 1.807) is 6.92 Å². The van der Waals surface area contributed by atoms with Crippen LogP contribution in [0.4, 0.5) is 48.3 Å². The SMILES string of the molecule is CCCC.CCO.FC(F)C(F)(F)C(F)(F)F.FCC(F)(F)F. The minimum absolute atomic E-state index is 0.250. The molecule has 0 aromatic rings. The van der Waals surface area contributed by atoms with Gasteiger partial charge in [-0.3, -0.25) is 0 Å². The molecular formula is C11H19F11O. The minimum atomic E-state index is -6.17. The van der Waals surface area contributed by atoms with Crippen molar-refractivity contribution in [3.05, 3.63) is 0 Å². The molecule has 146 valence electrons. The maximum Gasteiger partial charge on any atom is 0.459 e. The second-order valence-corrected chi connectivity index (χ2v) is 3.49. The lowest BCUT2D eigenvalue weighted by molar-refractivity contribution is -0.320. The van der Waals surface area contributed by atoms with Crippen LogP contribution < -0.4 is 0 Å².